The van der Waals surface area contributed by atoms with E-state index in [1.54, 1.807) is 6.92 Å². The van der Waals surface area contributed by atoms with Crippen molar-refractivity contribution in [1.82, 2.24) is 9.80 Å². The second-order valence-corrected chi connectivity index (χ2v) is 5.69. The highest BCUT2D eigenvalue weighted by atomic mass is 16.5. The fourth-order valence-electron chi connectivity index (χ4n) is 2.15. The van der Waals surface area contributed by atoms with Gasteiger partial charge in [-0.25, -0.2) is 0 Å². The van der Waals surface area contributed by atoms with E-state index in [4.69, 9.17) is 9.84 Å². The Bertz CT molecular complexity index is 263. The van der Waals surface area contributed by atoms with E-state index < -0.39 is 5.97 Å². The first kappa shape index (κ1) is 16.4. The monoisotopic (exact) mass is 272 g/mol. The maximum atomic E-state index is 10.9. The second kappa shape index (κ2) is 8.51. The highest BCUT2D eigenvalue weighted by Gasteiger charge is 2.24. The molecule has 0 aromatic carbocycles. The van der Waals surface area contributed by atoms with Crippen molar-refractivity contribution < 1.29 is 14.6 Å². The number of ether oxygens (including phenoxy) is 1. The zero-order valence-corrected chi connectivity index (χ0v) is 12.5. The van der Waals surface area contributed by atoms with Crippen LogP contribution in [0.2, 0.25) is 0 Å². The normalized spacial score (nSPS) is 19.8. The summed E-state index contributed by atoms with van der Waals surface area (Å²) in [6, 6.07) is -0.371. The number of nitrogens with zero attached hydrogens (tertiary/aromatic N) is 2. The molecule has 0 saturated carbocycles. The zero-order chi connectivity index (χ0) is 14.3. The molecule has 1 unspecified atom stereocenters. The molecule has 0 aromatic rings. The summed E-state index contributed by atoms with van der Waals surface area (Å²) in [7, 11) is 0. The molecule has 1 N–H and O–H groups in total. The Morgan fingerprint density at radius 3 is 2.32 bits per heavy atom. The Morgan fingerprint density at radius 2 is 1.79 bits per heavy atom. The standard InChI is InChI=1S/C14H28N2O3/c1-12(2)4-10-19-11-9-15-5-7-16(8-6-15)13(3)14(17)18/h12-13H,4-11H2,1-3H3,(H,17,18). The van der Waals surface area contributed by atoms with Crippen LogP contribution in [0.3, 0.4) is 0 Å². The van der Waals surface area contributed by atoms with Gasteiger partial charge in [-0.3, -0.25) is 14.6 Å². The van der Waals surface area contributed by atoms with Gasteiger partial charge in [0, 0.05) is 39.3 Å². The van der Waals surface area contributed by atoms with Crippen LogP contribution in [-0.2, 0) is 9.53 Å². The van der Waals surface area contributed by atoms with E-state index in [1.165, 1.54) is 0 Å². The molecule has 1 saturated heterocycles. The molecule has 1 heterocycles. The van der Waals surface area contributed by atoms with E-state index in [1.807, 2.05) is 4.90 Å². The number of carboxylic acid groups (broad SMARTS) is 1. The quantitative estimate of drug-likeness (QED) is 0.672. The molecule has 5 nitrogen and oxygen atoms in total. The van der Waals surface area contributed by atoms with E-state index in [2.05, 4.69) is 18.7 Å². The summed E-state index contributed by atoms with van der Waals surface area (Å²) < 4.78 is 5.61. The van der Waals surface area contributed by atoms with E-state index >= 15 is 0 Å². The first-order valence-electron chi connectivity index (χ1n) is 7.27. The predicted molar refractivity (Wildman–Crippen MR) is 75.4 cm³/mol. The van der Waals surface area contributed by atoms with Crippen LogP contribution in [0.5, 0.6) is 0 Å². The fraction of sp³-hybridized carbons (Fsp3) is 0.929. The van der Waals surface area contributed by atoms with E-state index in [0.29, 0.717) is 5.92 Å². The summed E-state index contributed by atoms with van der Waals surface area (Å²) >= 11 is 0. The lowest BCUT2D eigenvalue weighted by molar-refractivity contribution is -0.143. The van der Waals surface area contributed by atoms with Gasteiger partial charge in [0.25, 0.3) is 0 Å². The van der Waals surface area contributed by atoms with Crippen molar-refractivity contribution >= 4 is 5.97 Å². The van der Waals surface area contributed by atoms with Crippen LogP contribution < -0.4 is 0 Å². The lowest BCUT2D eigenvalue weighted by atomic mass is 10.1. The van der Waals surface area contributed by atoms with Crippen LogP contribution in [0.15, 0.2) is 0 Å². The molecule has 1 rings (SSSR count). The van der Waals surface area contributed by atoms with Crippen molar-refractivity contribution in [3.63, 3.8) is 0 Å². The summed E-state index contributed by atoms with van der Waals surface area (Å²) in [4.78, 5) is 15.3. The predicted octanol–water partition coefficient (Wildman–Crippen LogP) is 1.14. The van der Waals surface area contributed by atoms with Gasteiger partial charge in [-0.2, -0.15) is 0 Å². The minimum Gasteiger partial charge on any atom is -0.480 e. The molecule has 1 aliphatic heterocycles. The third kappa shape index (κ3) is 6.36. The van der Waals surface area contributed by atoms with Crippen molar-refractivity contribution in [2.75, 3.05) is 45.9 Å². The Kier molecular flexibility index (Phi) is 7.34. The van der Waals surface area contributed by atoms with Gasteiger partial charge in [-0.1, -0.05) is 13.8 Å². The van der Waals surface area contributed by atoms with Gasteiger partial charge < -0.3 is 9.84 Å². The van der Waals surface area contributed by atoms with Crippen LogP contribution in [0.1, 0.15) is 27.2 Å². The van der Waals surface area contributed by atoms with E-state index in [9.17, 15) is 4.79 Å². The van der Waals surface area contributed by atoms with Gasteiger partial charge in [-0.05, 0) is 19.3 Å². The van der Waals surface area contributed by atoms with Crippen molar-refractivity contribution in [1.29, 1.82) is 0 Å². The van der Waals surface area contributed by atoms with Gasteiger partial charge in [0.05, 0.1) is 6.61 Å². The fourth-order valence-corrected chi connectivity index (χ4v) is 2.15. The third-order valence-electron chi connectivity index (χ3n) is 3.70. The summed E-state index contributed by atoms with van der Waals surface area (Å²) in [6.07, 6.45) is 1.11. The number of hydrogen-bond donors (Lipinski definition) is 1. The van der Waals surface area contributed by atoms with Crippen LogP contribution in [-0.4, -0.2) is 72.9 Å². The Labute approximate surface area is 116 Å². The lowest BCUT2D eigenvalue weighted by Crippen LogP contribution is -2.52. The molecule has 1 aliphatic rings. The lowest BCUT2D eigenvalue weighted by Gasteiger charge is -2.36. The SMILES string of the molecule is CC(C)CCOCCN1CCN(C(C)C(=O)O)CC1. The molecule has 5 heteroatoms. The van der Waals surface area contributed by atoms with Crippen molar-refractivity contribution in [2.24, 2.45) is 5.92 Å². The molecule has 0 aromatic heterocycles. The number of aliphatic carboxylic acids is 1. The van der Waals surface area contributed by atoms with E-state index in [0.717, 1.165) is 52.4 Å². The zero-order valence-electron chi connectivity index (χ0n) is 12.5. The van der Waals surface area contributed by atoms with Crippen LogP contribution in [0.25, 0.3) is 0 Å². The molecular weight excluding hydrogens is 244 g/mol. The number of hydrogen-bond acceptors (Lipinski definition) is 4. The minimum absolute atomic E-state index is 0.371. The number of piperazine rings is 1. The summed E-state index contributed by atoms with van der Waals surface area (Å²) in [5.41, 5.74) is 0. The maximum Gasteiger partial charge on any atom is 0.320 e. The second-order valence-electron chi connectivity index (χ2n) is 5.69. The largest absolute Gasteiger partial charge is 0.480 e. The molecule has 112 valence electrons. The van der Waals surface area contributed by atoms with Crippen LogP contribution in [0, 0.1) is 5.92 Å². The third-order valence-corrected chi connectivity index (χ3v) is 3.70. The highest BCUT2D eigenvalue weighted by Crippen LogP contribution is 2.06. The van der Waals surface area contributed by atoms with Crippen LogP contribution in [0.4, 0.5) is 0 Å². The van der Waals surface area contributed by atoms with Crippen molar-refractivity contribution in [3.8, 4) is 0 Å². The Morgan fingerprint density at radius 1 is 1.16 bits per heavy atom. The van der Waals surface area contributed by atoms with Gasteiger partial charge in [0.2, 0.25) is 0 Å². The summed E-state index contributed by atoms with van der Waals surface area (Å²) in [6.45, 7) is 12.3. The van der Waals surface area contributed by atoms with Gasteiger partial charge in [0.15, 0.2) is 0 Å². The van der Waals surface area contributed by atoms with E-state index in [-0.39, 0.29) is 6.04 Å². The topological polar surface area (TPSA) is 53.0 Å². The first-order chi connectivity index (χ1) is 9.00. The van der Waals surface area contributed by atoms with Gasteiger partial charge in [-0.15, -0.1) is 0 Å². The summed E-state index contributed by atoms with van der Waals surface area (Å²) in [5, 5.41) is 8.97. The molecule has 19 heavy (non-hydrogen) atoms. The molecule has 0 amide bonds. The van der Waals surface area contributed by atoms with Gasteiger partial charge >= 0.3 is 5.97 Å². The molecule has 1 atom stereocenters. The maximum absolute atomic E-state index is 10.9. The number of carbonyl (C=O) groups is 1. The molecule has 0 radical (unpaired) electrons. The number of rotatable bonds is 8. The minimum atomic E-state index is -0.731. The highest BCUT2D eigenvalue weighted by molar-refractivity contribution is 5.72. The Hall–Kier alpha value is -0.650. The smallest absolute Gasteiger partial charge is 0.320 e. The molecule has 0 spiro atoms. The number of carboxylic acids is 1. The summed E-state index contributed by atoms with van der Waals surface area (Å²) in [5.74, 6) is -0.0356. The molecule has 1 fully saturated rings. The Balaban J connectivity index is 2.08. The van der Waals surface area contributed by atoms with Crippen LogP contribution >= 0.6 is 0 Å². The average Bonchev–Trinajstić information content (AvgIpc) is 2.37. The van der Waals surface area contributed by atoms with Gasteiger partial charge in [0.1, 0.15) is 6.04 Å². The van der Waals surface area contributed by atoms with Crippen molar-refractivity contribution in [3.05, 3.63) is 0 Å². The molecule has 0 bridgehead atoms. The molecular formula is C14H28N2O3. The average molecular weight is 272 g/mol. The first-order valence-corrected chi connectivity index (χ1v) is 7.27. The molecule has 0 aliphatic carbocycles. The van der Waals surface area contributed by atoms with Crippen molar-refractivity contribution in [2.45, 2.75) is 33.2 Å².